The molecule has 0 saturated carbocycles. The average molecular weight is 305 g/mol. The Morgan fingerprint density at radius 2 is 1.91 bits per heavy atom. The van der Waals surface area contributed by atoms with Crippen molar-refractivity contribution in [3.8, 4) is 0 Å². The highest BCUT2D eigenvalue weighted by Gasteiger charge is 2.15. The van der Waals surface area contributed by atoms with Gasteiger partial charge in [0.15, 0.2) is 0 Å². The molecular formula is C16H23N3O3. The van der Waals surface area contributed by atoms with Crippen LogP contribution in [0.15, 0.2) is 24.3 Å². The number of carbonyl (C=O) groups excluding carboxylic acids is 2. The van der Waals surface area contributed by atoms with Gasteiger partial charge in [0.1, 0.15) is 0 Å². The summed E-state index contributed by atoms with van der Waals surface area (Å²) in [6, 6.07) is 7.69. The second kappa shape index (κ2) is 8.38. The molecule has 0 atom stereocenters. The number of hydrogen-bond donors (Lipinski definition) is 2. The standard InChI is InChI=1S/C16H23N3O3/c1-2-5-15(20)17-12-16(21)18-13-6-3-4-7-14(13)19-8-10-22-11-9-19/h3-4,6-7H,2,5,8-12H2,1H3,(H,17,20)(H,18,21). The Labute approximate surface area is 130 Å². The molecule has 1 fully saturated rings. The van der Waals surface area contributed by atoms with Gasteiger partial charge in [-0.3, -0.25) is 9.59 Å². The molecule has 6 heteroatoms. The van der Waals surface area contributed by atoms with Gasteiger partial charge in [-0.25, -0.2) is 0 Å². The van der Waals surface area contributed by atoms with E-state index in [4.69, 9.17) is 4.74 Å². The predicted octanol–water partition coefficient (Wildman–Crippen LogP) is 1.38. The maximum atomic E-state index is 12.0. The van der Waals surface area contributed by atoms with Gasteiger partial charge in [0.25, 0.3) is 0 Å². The largest absolute Gasteiger partial charge is 0.378 e. The summed E-state index contributed by atoms with van der Waals surface area (Å²) in [5.41, 5.74) is 1.75. The summed E-state index contributed by atoms with van der Waals surface area (Å²) in [5, 5.41) is 5.49. The van der Waals surface area contributed by atoms with Crippen LogP contribution in [-0.2, 0) is 14.3 Å². The summed E-state index contributed by atoms with van der Waals surface area (Å²) >= 11 is 0. The van der Waals surface area contributed by atoms with Crippen molar-refractivity contribution in [2.45, 2.75) is 19.8 Å². The van der Waals surface area contributed by atoms with Crippen LogP contribution in [-0.4, -0.2) is 44.7 Å². The SMILES string of the molecule is CCCC(=O)NCC(=O)Nc1ccccc1N1CCOCC1. The molecule has 2 amide bonds. The molecule has 1 aliphatic rings. The topological polar surface area (TPSA) is 70.7 Å². The average Bonchev–Trinajstić information content (AvgIpc) is 2.55. The highest BCUT2D eigenvalue weighted by atomic mass is 16.5. The van der Waals surface area contributed by atoms with Crippen molar-refractivity contribution in [1.82, 2.24) is 5.32 Å². The first-order valence-electron chi connectivity index (χ1n) is 7.69. The number of hydrogen-bond acceptors (Lipinski definition) is 4. The Balaban J connectivity index is 1.94. The molecule has 1 aromatic rings. The summed E-state index contributed by atoms with van der Waals surface area (Å²) in [7, 11) is 0. The predicted molar refractivity (Wildman–Crippen MR) is 86.0 cm³/mol. The lowest BCUT2D eigenvalue weighted by Crippen LogP contribution is -2.37. The van der Waals surface area contributed by atoms with Crippen LogP contribution in [0.4, 0.5) is 11.4 Å². The highest BCUT2D eigenvalue weighted by Crippen LogP contribution is 2.26. The third-order valence-electron chi connectivity index (χ3n) is 3.45. The number of rotatable bonds is 6. The molecule has 0 unspecified atom stereocenters. The first kappa shape index (κ1) is 16.3. The lowest BCUT2D eigenvalue weighted by Gasteiger charge is -2.30. The van der Waals surface area contributed by atoms with Gasteiger partial charge in [0.2, 0.25) is 11.8 Å². The number of carbonyl (C=O) groups is 2. The minimum atomic E-state index is -0.217. The number of anilines is 2. The van der Waals surface area contributed by atoms with Gasteiger partial charge in [-0.1, -0.05) is 19.1 Å². The number of amides is 2. The Kier molecular flexibility index (Phi) is 6.21. The van der Waals surface area contributed by atoms with Crippen LogP contribution in [0, 0.1) is 0 Å². The summed E-state index contributed by atoms with van der Waals surface area (Å²) < 4.78 is 5.35. The van der Waals surface area contributed by atoms with Crippen LogP contribution in [0.25, 0.3) is 0 Å². The summed E-state index contributed by atoms with van der Waals surface area (Å²) in [4.78, 5) is 25.6. The molecule has 0 aromatic heterocycles. The molecule has 1 aromatic carbocycles. The fourth-order valence-electron chi connectivity index (χ4n) is 2.35. The molecule has 1 aliphatic heterocycles. The van der Waals surface area contributed by atoms with Crippen LogP contribution in [0.5, 0.6) is 0 Å². The quantitative estimate of drug-likeness (QED) is 0.833. The van der Waals surface area contributed by atoms with E-state index in [-0.39, 0.29) is 18.4 Å². The second-order valence-electron chi connectivity index (χ2n) is 5.19. The summed E-state index contributed by atoms with van der Waals surface area (Å²) in [5.74, 6) is -0.315. The van der Waals surface area contributed by atoms with Crippen molar-refractivity contribution in [2.24, 2.45) is 0 Å². The van der Waals surface area contributed by atoms with Gasteiger partial charge in [-0.15, -0.1) is 0 Å². The van der Waals surface area contributed by atoms with Crippen molar-refractivity contribution < 1.29 is 14.3 Å². The normalized spacial score (nSPS) is 14.5. The lowest BCUT2D eigenvalue weighted by molar-refractivity contribution is -0.124. The van der Waals surface area contributed by atoms with Crippen molar-refractivity contribution in [3.63, 3.8) is 0 Å². The van der Waals surface area contributed by atoms with Crippen LogP contribution < -0.4 is 15.5 Å². The molecule has 1 heterocycles. The van der Waals surface area contributed by atoms with Crippen molar-refractivity contribution in [2.75, 3.05) is 43.1 Å². The number of nitrogens with one attached hydrogen (secondary N) is 2. The molecule has 0 bridgehead atoms. The number of ether oxygens (including phenoxy) is 1. The molecule has 22 heavy (non-hydrogen) atoms. The summed E-state index contributed by atoms with van der Waals surface area (Å²) in [6.07, 6.45) is 1.21. The van der Waals surface area contributed by atoms with Crippen molar-refractivity contribution >= 4 is 23.2 Å². The Hall–Kier alpha value is -2.08. The number of nitrogens with zero attached hydrogens (tertiary/aromatic N) is 1. The molecule has 2 rings (SSSR count). The van der Waals surface area contributed by atoms with Gasteiger partial charge in [-0.2, -0.15) is 0 Å². The van der Waals surface area contributed by atoms with E-state index >= 15 is 0 Å². The molecule has 120 valence electrons. The smallest absolute Gasteiger partial charge is 0.243 e. The molecule has 1 saturated heterocycles. The summed E-state index contributed by atoms with van der Waals surface area (Å²) in [6.45, 7) is 4.92. The van der Waals surface area contributed by atoms with Gasteiger partial charge in [0, 0.05) is 19.5 Å². The van der Waals surface area contributed by atoms with E-state index in [1.54, 1.807) is 0 Å². The third-order valence-corrected chi connectivity index (χ3v) is 3.45. The second-order valence-corrected chi connectivity index (χ2v) is 5.19. The molecular weight excluding hydrogens is 282 g/mol. The van der Waals surface area contributed by atoms with Crippen LogP contribution >= 0.6 is 0 Å². The van der Waals surface area contributed by atoms with Crippen molar-refractivity contribution in [1.29, 1.82) is 0 Å². The van der Waals surface area contributed by atoms with E-state index in [0.717, 1.165) is 30.9 Å². The zero-order valence-electron chi connectivity index (χ0n) is 12.9. The minimum absolute atomic E-state index is 0.00369. The van der Waals surface area contributed by atoms with Crippen LogP contribution in [0.2, 0.25) is 0 Å². The minimum Gasteiger partial charge on any atom is -0.378 e. The Bertz CT molecular complexity index is 513. The lowest BCUT2D eigenvalue weighted by atomic mass is 10.2. The van der Waals surface area contributed by atoms with Crippen LogP contribution in [0.3, 0.4) is 0 Å². The third kappa shape index (κ3) is 4.73. The molecule has 2 N–H and O–H groups in total. The number of para-hydroxylation sites is 2. The van der Waals surface area contributed by atoms with E-state index in [1.165, 1.54) is 0 Å². The zero-order valence-corrected chi connectivity index (χ0v) is 12.9. The zero-order chi connectivity index (χ0) is 15.8. The fraction of sp³-hybridized carbons (Fsp3) is 0.500. The first-order valence-corrected chi connectivity index (χ1v) is 7.69. The first-order chi connectivity index (χ1) is 10.7. The Morgan fingerprint density at radius 1 is 1.18 bits per heavy atom. The van der Waals surface area contributed by atoms with E-state index in [0.29, 0.717) is 19.6 Å². The highest BCUT2D eigenvalue weighted by molar-refractivity contribution is 5.97. The number of morpholine rings is 1. The molecule has 0 radical (unpaired) electrons. The van der Waals surface area contributed by atoms with Gasteiger partial charge >= 0.3 is 0 Å². The maximum absolute atomic E-state index is 12.0. The van der Waals surface area contributed by atoms with E-state index in [9.17, 15) is 9.59 Å². The monoisotopic (exact) mass is 305 g/mol. The van der Waals surface area contributed by atoms with Gasteiger partial charge in [0.05, 0.1) is 31.1 Å². The van der Waals surface area contributed by atoms with Crippen molar-refractivity contribution in [3.05, 3.63) is 24.3 Å². The van der Waals surface area contributed by atoms with Gasteiger partial charge in [-0.05, 0) is 18.6 Å². The van der Waals surface area contributed by atoms with E-state index in [1.807, 2.05) is 31.2 Å². The molecule has 6 nitrogen and oxygen atoms in total. The maximum Gasteiger partial charge on any atom is 0.243 e. The van der Waals surface area contributed by atoms with E-state index < -0.39 is 0 Å². The van der Waals surface area contributed by atoms with Crippen LogP contribution in [0.1, 0.15) is 19.8 Å². The molecule has 0 aliphatic carbocycles. The van der Waals surface area contributed by atoms with Gasteiger partial charge < -0.3 is 20.3 Å². The fourth-order valence-corrected chi connectivity index (χ4v) is 2.35. The van der Waals surface area contributed by atoms with E-state index in [2.05, 4.69) is 15.5 Å². The number of benzene rings is 1. The Morgan fingerprint density at radius 3 is 2.64 bits per heavy atom. The molecule has 0 spiro atoms.